The molecule has 1 fully saturated rings. The number of nitrogens with zero attached hydrogens (tertiary/aromatic N) is 1. The molecule has 0 saturated carbocycles. The number of benzene rings is 1. The molecule has 0 radical (unpaired) electrons. The Balaban J connectivity index is 2.12. The molecule has 142 valence electrons. The molecule has 1 saturated heterocycles. The molecule has 1 aromatic heterocycles. The number of pyridine rings is 1. The van der Waals surface area contributed by atoms with E-state index in [1.54, 1.807) is 18.2 Å². The number of rotatable bonds is 5. The highest BCUT2D eigenvalue weighted by atomic mass is 32.2. The number of carboxylic acid groups (broad SMARTS) is 2. The first-order valence-electron chi connectivity index (χ1n) is 8.30. The van der Waals surface area contributed by atoms with Gasteiger partial charge in [0.1, 0.15) is 16.9 Å². The number of aromatic nitrogens is 1. The Morgan fingerprint density at radius 1 is 1.15 bits per heavy atom. The minimum atomic E-state index is -1.51. The minimum absolute atomic E-state index is 0.174. The fraction of sp³-hybridized carbons (Fsp3) is 0.278. The van der Waals surface area contributed by atoms with E-state index in [0.717, 1.165) is 30.2 Å². The molecule has 9 heteroatoms. The number of anilines is 1. The van der Waals surface area contributed by atoms with E-state index in [0.29, 0.717) is 12.1 Å². The SMILES string of the molecule is Nc1[nH]c(=O)c(C(=O)O)c(-c2cccc(CN3CCSCC3)c2)c1C(=O)O. The maximum Gasteiger partial charge on any atom is 0.342 e. The molecule has 1 aliphatic rings. The number of carbonyl (C=O) groups is 2. The van der Waals surface area contributed by atoms with E-state index in [1.807, 2.05) is 17.8 Å². The van der Waals surface area contributed by atoms with Crippen molar-refractivity contribution in [3.63, 3.8) is 0 Å². The van der Waals surface area contributed by atoms with Crippen LogP contribution in [0.5, 0.6) is 0 Å². The second kappa shape index (κ2) is 7.85. The van der Waals surface area contributed by atoms with Gasteiger partial charge in [-0.05, 0) is 17.2 Å². The summed E-state index contributed by atoms with van der Waals surface area (Å²) in [6.07, 6.45) is 0. The average molecular weight is 389 g/mol. The van der Waals surface area contributed by atoms with Gasteiger partial charge in [-0.15, -0.1) is 0 Å². The summed E-state index contributed by atoms with van der Waals surface area (Å²) in [6, 6.07) is 6.91. The smallest absolute Gasteiger partial charge is 0.342 e. The molecule has 0 atom stereocenters. The third-order valence-electron chi connectivity index (χ3n) is 4.40. The highest BCUT2D eigenvalue weighted by Crippen LogP contribution is 2.30. The molecule has 0 amide bonds. The number of aromatic carboxylic acids is 2. The topological polar surface area (TPSA) is 137 Å². The molecule has 1 aromatic carbocycles. The van der Waals surface area contributed by atoms with Gasteiger partial charge in [0.2, 0.25) is 0 Å². The number of H-pyrrole nitrogens is 1. The second-order valence-corrected chi connectivity index (χ2v) is 7.42. The van der Waals surface area contributed by atoms with Crippen molar-refractivity contribution in [3.8, 4) is 11.1 Å². The predicted octanol–water partition coefficient (Wildman–Crippen LogP) is 1.57. The van der Waals surface area contributed by atoms with E-state index >= 15 is 0 Å². The number of nitrogens with one attached hydrogen (secondary N) is 1. The zero-order valence-electron chi connectivity index (χ0n) is 14.4. The molecule has 8 nitrogen and oxygen atoms in total. The van der Waals surface area contributed by atoms with Crippen molar-refractivity contribution in [2.75, 3.05) is 30.3 Å². The van der Waals surface area contributed by atoms with Crippen LogP contribution in [0, 0.1) is 0 Å². The number of nitrogens with two attached hydrogens (primary N) is 1. The monoisotopic (exact) mass is 389 g/mol. The van der Waals surface area contributed by atoms with Gasteiger partial charge in [0, 0.05) is 36.7 Å². The van der Waals surface area contributed by atoms with Gasteiger partial charge in [-0.25, -0.2) is 9.59 Å². The Morgan fingerprint density at radius 3 is 2.44 bits per heavy atom. The van der Waals surface area contributed by atoms with E-state index in [9.17, 15) is 24.6 Å². The average Bonchev–Trinajstić information content (AvgIpc) is 2.61. The van der Waals surface area contributed by atoms with Crippen LogP contribution in [-0.2, 0) is 6.54 Å². The standard InChI is InChI=1S/C18H19N3O5S/c19-15-13(17(23)24)12(14(18(25)26)16(22)20-15)11-3-1-2-10(8-11)9-21-4-6-27-7-5-21/h1-3,8H,4-7,9H2,(H,23,24)(H,25,26)(H3,19,20,22). The van der Waals surface area contributed by atoms with Crippen LogP contribution in [0.25, 0.3) is 11.1 Å². The van der Waals surface area contributed by atoms with Crippen LogP contribution in [-0.4, -0.2) is 56.6 Å². The molecule has 2 aromatic rings. The summed E-state index contributed by atoms with van der Waals surface area (Å²) >= 11 is 1.90. The largest absolute Gasteiger partial charge is 0.478 e. The van der Waals surface area contributed by atoms with E-state index in [4.69, 9.17) is 5.73 Å². The summed E-state index contributed by atoms with van der Waals surface area (Å²) in [6.45, 7) is 2.57. The Hall–Kier alpha value is -2.78. The maximum absolute atomic E-state index is 12.1. The first-order valence-corrected chi connectivity index (χ1v) is 9.45. The molecule has 3 rings (SSSR count). The van der Waals surface area contributed by atoms with Crippen LogP contribution in [0.2, 0.25) is 0 Å². The van der Waals surface area contributed by atoms with Crippen LogP contribution in [0.3, 0.4) is 0 Å². The summed E-state index contributed by atoms with van der Waals surface area (Å²) in [5.74, 6) is -1.18. The van der Waals surface area contributed by atoms with Crippen LogP contribution in [0.4, 0.5) is 5.82 Å². The van der Waals surface area contributed by atoms with Gasteiger partial charge in [0.05, 0.1) is 0 Å². The lowest BCUT2D eigenvalue weighted by Crippen LogP contribution is -2.31. The fourth-order valence-electron chi connectivity index (χ4n) is 3.18. The Kier molecular flexibility index (Phi) is 5.52. The van der Waals surface area contributed by atoms with Gasteiger partial charge < -0.3 is 20.9 Å². The molecule has 1 aliphatic heterocycles. The van der Waals surface area contributed by atoms with Gasteiger partial charge in [-0.3, -0.25) is 9.69 Å². The van der Waals surface area contributed by atoms with Crippen molar-refractivity contribution in [1.82, 2.24) is 9.88 Å². The van der Waals surface area contributed by atoms with Gasteiger partial charge in [-0.2, -0.15) is 11.8 Å². The number of hydrogen-bond acceptors (Lipinski definition) is 6. The van der Waals surface area contributed by atoms with E-state index < -0.39 is 28.6 Å². The van der Waals surface area contributed by atoms with E-state index in [1.165, 1.54) is 0 Å². The number of thioether (sulfide) groups is 1. The molecule has 0 unspecified atom stereocenters. The molecular weight excluding hydrogens is 370 g/mol. The van der Waals surface area contributed by atoms with Crippen LogP contribution in [0.1, 0.15) is 26.3 Å². The normalized spacial score (nSPS) is 14.8. The van der Waals surface area contributed by atoms with Crippen molar-refractivity contribution in [2.45, 2.75) is 6.54 Å². The maximum atomic E-state index is 12.1. The molecule has 5 N–H and O–H groups in total. The number of hydrogen-bond donors (Lipinski definition) is 4. The van der Waals surface area contributed by atoms with Crippen LogP contribution < -0.4 is 11.3 Å². The molecule has 2 heterocycles. The van der Waals surface area contributed by atoms with Crippen molar-refractivity contribution in [3.05, 3.63) is 51.3 Å². The van der Waals surface area contributed by atoms with Crippen molar-refractivity contribution in [2.24, 2.45) is 0 Å². The zero-order chi connectivity index (χ0) is 19.6. The van der Waals surface area contributed by atoms with Gasteiger partial charge in [0.15, 0.2) is 0 Å². The van der Waals surface area contributed by atoms with Crippen molar-refractivity contribution in [1.29, 1.82) is 0 Å². The van der Waals surface area contributed by atoms with Crippen molar-refractivity contribution < 1.29 is 19.8 Å². The molecular formula is C18H19N3O5S. The quantitative estimate of drug-likeness (QED) is 0.605. The third-order valence-corrected chi connectivity index (χ3v) is 5.34. The first kappa shape index (κ1) is 19.0. The van der Waals surface area contributed by atoms with Crippen LogP contribution >= 0.6 is 11.8 Å². The number of nitrogen functional groups attached to an aromatic ring is 1. The second-order valence-electron chi connectivity index (χ2n) is 6.19. The molecule has 27 heavy (non-hydrogen) atoms. The first-order chi connectivity index (χ1) is 12.9. The summed E-state index contributed by atoms with van der Waals surface area (Å²) in [7, 11) is 0. The van der Waals surface area contributed by atoms with E-state index in [-0.39, 0.29) is 11.4 Å². The Morgan fingerprint density at radius 2 is 1.81 bits per heavy atom. The Bertz CT molecular complexity index is 950. The van der Waals surface area contributed by atoms with Gasteiger partial charge in [-0.1, -0.05) is 18.2 Å². The van der Waals surface area contributed by atoms with Gasteiger partial charge in [0.25, 0.3) is 5.56 Å². The highest BCUT2D eigenvalue weighted by molar-refractivity contribution is 7.99. The molecule has 0 aliphatic carbocycles. The minimum Gasteiger partial charge on any atom is -0.478 e. The number of carboxylic acids is 2. The predicted molar refractivity (Wildman–Crippen MR) is 103 cm³/mol. The summed E-state index contributed by atoms with van der Waals surface area (Å²) in [5.41, 5.74) is 4.77. The van der Waals surface area contributed by atoms with Crippen LogP contribution in [0.15, 0.2) is 29.1 Å². The third kappa shape index (κ3) is 3.99. The number of aromatic amines is 1. The summed E-state index contributed by atoms with van der Waals surface area (Å²) in [5, 5.41) is 19.0. The van der Waals surface area contributed by atoms with Crippen molar-refractivity contribution >= 4 is 29.5 Å². The van der Waals surface area contributed by atoms with Gasteiger partial charge >= 0.3 is 11.9 Å². The molecule has 0 spiro atoms. The summed E-state index contributed by atoms with van der Waals surface area (Å²) < 4.78 is 0. The zero-order valence-corrected chi connectivity index (χ0v) is 15.2. The molecule has 0 bridgehead atoms. The lowest BCUT2D eigenvalue weighted by Gasteiger charge is -2.26. The lowest BCUT2D eigenvalue weighted by atomic mass is 9.94. The highest BCUT2D eigenvalue weighted by Gasteiger charge is 2.26. The van der Waals surface area contributed by atoms with E-state index in [2.05, 4.69) is 9.88 Å². The fourth-order valence-corrected chi connectivity index (χ4v) is 4.16. The lowest BCUT2D eigenvalue weighted by molar-refractivity contribution is 0.0695. The Labute approximate surface area is 159 Å². The summed E-state index contributed by atoms with van der Waals surface area (Å²) in [4.78, 5) is 39.9.